The number of hydrogen-bond donors (Lipinski definition) is 2. The third kappa shape index (κ3) is 4.91. The summed E-state index contributed by atoms with van der Waals surface area (Å²) in [6.45, 7) is 4.62. The molecular weight excluding hydrogens is 288 g/mol. The first kappa shape index (κ1) is 17.7. The summed E-state index contributed by atoms with van der Waals surface area (Å²) in [6, 6.07) is 9.74. The molecule has 1 atom stereocenters. The highest BCUT2D eigenvalue weighted by Gasteiger charge is 2.21. The Labute approximate surface area is 138 Å². The van der Waals surface area contributed by atoms with Gasteiger partial charge in [-0.15, -0.1) is 0 Å². The molecule has 0 amide bonds. The summed E-state index contributed by atoms with van der Waals surface area (Å²) < 4.78 is 5.82. The van der Waals surface area contributed by atoms with Gasteiger partial charge in [-0.2, -0.15) is 0 Å². The Kier molecular flexibility index (Phi) is 6.37. The molecular formula is C19H28N2O2. The number of aromatic nitrogens is 1. The van der Waals surface area contributed by atoms with Gasteiger partial charge in [-0.05, 0) is 37.6 Å². The lowest BCUT2D eigenvalue weighted by Crippen LogP contribution is -2.37. The lowest BCUT2D eigenvalue weighted by atomic mass is 9.99. The van der Waals surface area contributed by atoms with Crippen molar-refractivity contribution in [2.24, 2.45) is 5.73 Å². The van der Waals surface area contributed by atoms with Crippen molar-refractivity contribution in [2.45, 2.75) is 51.5 Å². The van der Waals surface area contributed by atoms with E-state index in [2.05, 4.69) is 11.9 Å². The van der Waals surface area contributed by atoms with Crippen LogP contribution in [0.2, 0.25) is 0 Å². The Bertz CT molecular complexity index is 626. The average Bonchev–Trinajstić information content (AvgIpc) is 2.57. The summed E-state index contributed by atoms with van der Waals surface area (Å²) in [4.78, 5) is 4.55. The molecule has 0 aliphatic heterocycles. The van der Waals surface area contributed by atoms with Crippen LogP contribution in [0, 0.1) is 0 Å². The largest absolute Gasteiger partial charge is 0.494 e. The Hall–Kier alpha value is -1.65. The van der Waals surface area contributed by atoms with Crippen LogP contribution in [-0.4, -0.2) is 23.3 Å². The summed E-state index contributed by atoms with van der Waals surface area (Å²) >= 11 is 0. The molecule has 4 heteroatoms. The summed E-state index contributed by atoms with van der Waals surface area (Å²) in [5.41, 5.74) is 6.77. The van der Waals surface area contributed by atoms with E-state index in [4.69, 9.17) is 10.5 Å². The van der Waals surface area contributed by atoms with Gasteiger partial charge >= 0.3 is 0 Å². The van der Waals surface area contributed by atoms with Crippen LogP contribution in [0.4, 0.5) is 0 Å². The van der Waals surface area contributed by atoms with E-state index in [1.54, 1.807) is 6.92 Å². The predicted octanol–water partition coefficient (Wildman–Crippen LogP) is 3.75. The number of unbranched alkanes of at least 4 members (excludes halogenated alkanes) is 4. The molecule has 3 N–H and O–H groups in total. The SMILES string of the molecule is CCCCCCCOc1ccc2nc(C(C)(N)CO)ccc2c1. The minimum atomic E-state index is -0.818. The molecule has 4 nitrogen and oxygen atoms in total. The molecule has 1 unspecified atom stereocenters. The van der Waals surface area contributed by atoms with Gasteiger partial charge in [0, 0.05) is 5.39 Å². The third-order valence-corrected chi connectivity index (χ3v) is 4.09. The Balaban J connectivity index is 1.98. The van der Waals surface area contributed by atoms with Gasteiger partial charge < -0.3 is 15.6 Å². The lowest BCUT2D eigenvalue weighted by molar-refractivity contribution is 0.207. The van der Waals surface area contributed by atoms with Crippen molar-refractivity contribution in [1.29, 1.82) is 0 Å². The normalized spacial score (nSPS) is 13.9. The molecule has 0 aliphatic carbocycles. The van der Waals surface area contributed by atoms with Crippen molar-refractivity contribution in [3.63, 3.8) is 0 Å². The maximum absolute atomic E-state index is 9.35. The minimum absolute atomic E-state index is 0.134. The number of pyridine rings is 1. The first-order valence-electron chi connectivity index (χ1n) is 8.50. The Morgan fingerprint density at radius 3 is 2.65 bits per heavy atom. The number of aliphatic hydroxyl groups is 1. The molecule has 2 rings (SSSR count). The van der Waals surface area contributed by atoms with Crippen molar-refractivity contribution in [3.8, 4) is 5.75 Å². The molecule has 0 aliphatic rings. The molecule has 1 heterocycles. The number of nitrogens with two attached hydrogens (primary N) is 1. The fraction of sp³-hybridized carbons (Fsp3) is 0.526. The zero-order valence-electron chi connectivity index (χ0n) is 14.2. The van der Waals surface area contributed by atoms with Gasteiger partial charge in [-0.3, -0.25) is 4.98 Å². The molecule has 0 bridgehead atoms. The number of rotatable bonds is 9. The Morgan fingerprint density at radius 2 is 1.91 bits per heavy atom. The van der Waals surface area contributed by atoms with Crippen molar-refractivity contribution in [1.82, 2.24) is 4.98 Å². The predicted molar refractivity (Wildman–Crippen MR) is 94.6 cm³/mol. The van der Waals surface area contributed by atoms with Crippen molar-refractivity contribution in [3.05, 3.63) is 36.0 Å². The second-order valence-electron chi connectivity index (χ2n) is 6.39. The van der Waals surface area contributed by atoms with Crippen LogP contribution >= 0.6 is 0 Å². The Morgan fingerprint density at radius 1 is 1.13 bits per heavy atom. The zero-order chi connectivity index (χ0) is 16.7. The zero-order valence-corrected chi connectivity index (χ0v) is 14.2. The quantitative estimate of drug-likeness (QED) is 0.691. The van der Waals surface area contributed by atoms with E-state index in [-0.39, 0.29) is 6.61 Å². The molecule has 23 heavy (non-hydrogen) atoms. The van der Waals surface area contributed by atoms with Gasteiger partial charge in [0.05, 0.1) is 30.0 Å². The van der Waals surface area contributed by atoms with Gasteiger partial charge in [-0.25, -0.2) is 0 Å². The van der Waals surface area contributed by atoms with Gasteiger partial charge in [-0.1, -0.05) is 38.7 Å². The number of fused-ring (bicyclic) bond motifs is 1. The highest BCUT2D eigenvalue weighted by molar-refractivity contribution is 5.80. The lowest BCUT2D eigenvalue weighted by Gasteiger charge is -2.21. The van der Waals surface area contributed by atoms with Crippen molar-refractivity contribution in [2.75, 3.05) is 13.2 Å². The van der Waals surface area contributed by atoms with Crippen LogP contribution in [-0.2, 0) is 5.54 Å². The molecule has 2 aromatic rings. The second-order valence-corrected chi connectivity index (χ2v) is 6.39. The van der Waals surface area contributed by atoms with E-state index < -0.39 is 5.54 Å². The molecule has 0 fully saturated rings. The standard InChI is InChI=1S/C19H28N2O2/c1-3-4-5-6-7-12-23-16-9-10-17-15(13-16)8-11-18(21-17)19(2,20)14-22/h8-11,13,22H,3-7,12,14,20H2,1-2H3. The first-order valence-corrected chi connectivity index (χ1v) is 8.50. The monoisotopic (exact) mass is 316 g/mol. The van der Waals surface area contributed by atoms with Gasteiger partial charge in [0.25, 0.3) is 0 Å². The van der Waals surface area contributed by atoms with Gasteiger partial charge in [0.15, 0.2) is 0 Å². The van der Waals surface area contributed by atoms with E-state index in [9.17, 15) is 5.11 Å². The number of nitrogens with zero attached hydrogens (tertiary/aromatic N) is 1. The van der Waals surface area contributed by atoms with Gasteiger partial charge in [0.2, 0.25) is 0 Å². The smallest absolute Gasteiger partial charge is 0.120 e. The fourth-order valence-electron chi connectivity index (χ4n) is 2.49. The highest BCUT2D eigenvalue weighted by Crippen LogP contribution is 2.23. The molecule has 1 aromatic heterocycles. The summed E-state index contributed by atoms with van der Waals surface area (Å²) in [5, 5.41) is 10.4. The topological polar surface area (TPSA) is 68.4 Å². The first-order chi connectivity index (χ1) is 11.1. The van der Waals surface area contributed by atoms with Crippen LogP contribution in [0.1, 0.15) is 51.6 Å². The maximum Gasteiger partial charge on any atom is 0.120 e. The van der Waals surface area contributed by atoms with E-state index in [1.165, 1.54) is 25.7 Å². The molecule has 1 aromatic carbocycles. The van der Waals surface area contributed by atoms with Crippen LogP contribution in [0.3, 0.4) is 0 Å². The number of ether oxygens (including phenoxy) is 1. The fourth-order valence-corrected chi connectivity index (χ4v) is 2.49. The summed E-state index contributed by atoms with van der Waals surface area (Å²) in [6.07, 6.45) is 6.17. The molecule has 126 valence electrons. The number of hydrogen-bond acceptors (Lipinski definition) is 4. The van der Waals surface area contributed by atoms with Crippen LogP contribution in [0.15, 0.2) is 30.3 Å². The van der Waals surface area contributed by atoms with Crippen molar-refractivity contribution >= 4 is 10.9 Å². The van der Waals surface area contributed by atoms with E-state index >= 15 is 0 Å². The van der Waals surface area contributed by atoms with Crippen LogP contribution in [0.5, 0.6) is 5.75 Å². The molecule has 0 saturated heterocycles. The summed E-state index contributed by atoms with van der Waals surface area (Å²) in [5.74, 6) is 0.875. The molecule has 0 spiro atoms. The van der Waals surface area contributed by atoms with E-state index in [1.807, 2.05) is 30.3 Å². The number of benzene rings is 1. The van der Waals surface area contributed by atoms with Crippen LogP contribution < -0.4 is 10.5 Å². The molecule has 0 saturated carbocycles. The highest BCUT2D eigenvalue weighted by atomic mass is 16.5. The summed E-state index contributed by atoms with van der Waals surface area (Å²) in [7, 11) is 0. The minimum Gasteiger partial charge on any atom is -0.494 e. The average molecular weight is 316 g/mol. The van der Waals surface area contributed by atoms with E-state index in [0.29, 0.717) is 5.69 Å². The maximum atomic E-state index is 9.35. The van der Waals surface area contributed by atoms with Crippen molar-refractivity contribution < 1.29 is 9.84 Å². The number of aliphatic hydroxyl groups excluding tert-OH is 1. The van der Waals surface area contributed by atoms with E-state index in [0.717, 1.165) is 29.7 Å². The van der Waals surface area contributed by atoms with Gasteiger partial charge in [0.1, 0.15) is 5.75 Å². The third-order valence-electron chi connectivity index (χ3n) is 4.09. The molecule has 0 radical (unpaired) electrons. The second kappa shape index (κ2) is 8.27. The van der Waals surface area contributed by atoms with Crippen LogP contribution in [0.25, 0.3) is 10.9 Å².